The lowest BCUT2D eigenvalue weighted by atomic mass is 10.1. The number of carbonyl (C=O) groups excluding carboxylic acids is 2. The molecule has 0 aliphatic carbocycles. The minimum Gasteiger partial charge on any atom is -0.550 e. The van der Waals surface area contributed by atoms with E-state index in [4.69, 9.17) is 0 Å². The third kappa shape index (κ3) is 3.78. The molecule has 2 aliphatic heterocycles. The van der Waals surface area contributed by atoms with Crippen molar-refractivity contribution in [2.45, 2.75) is 38.0 Å². The summed E-state index contributed by atoms with van der Waals surface area (Å²) in [5, 5.41) is 10.8. The molecule has 2 saturated heterocycles. The van der Waals surface area contributed by atoms with E-state index in [-0.39, 0.29) is 35.6 Å². The number of thioether (sulfide) groups is 1. The highest BCUT2D eigenvalue weighted by Crippen LogP contribution is 2.42. The second-order valence-corrected chi connectivity index (χ2v) is 9.91. The van der Waals surface area contributed by atoms with Crippen LogP contribution in [0.5, 0.6) is 0 Å². The topological polar surface area (TPSA) is 107 Å². The van der Waals surface area contributed by atoms with Gasteiger partial charge in [-0.15, -0.1) is 0 Å². The maximum Gasteiger partial charge on any atom is 0.248 e. The molecule has 9 heteroatoms. The Bertz CT molecular complexity index is 894. The van der Waals surface area contributed by atoms with Crippen molar-refractivity contribution < 1.29 is 23.1 Å². The fourth-order valence-electron chi connectivity index (χ4n) is 3.21. The van der Waals surface area contributed by atoms with Crippen molar-refractivity contribution in [2.75, 3.05) is 16.4 Å². The van der Waals surface area contributed by atoms with E-state index in [0.29, 0.717) is 5.17 Å². The maximum absolute atomic E-state index is 12.1. The van der Waals surface area contributed by atoms with Crippen LogP contribution in [0.4, 0.5) is 5.69 Å². The van der Waals surface area contributed by atoms with Gasteiger partial charge in [0.1, 0.15) is 0 Å². The smallest absolute Gasteiger partial charge is 0.248 e. The van der Waals surface area contributed by atoms with Crippen molar-refractivity contribution in [3.8, 4) is 0 Å². The van der Waals surface area contributed by atoms with Gasteiger partial charge in [0.05, 0.1) is 17.5 Å². The van der Waals surface area contributed by atoms with E-state index >= 15 is 0 Å². The fraction of sp³-hybridized carbons (Fsp3) is 0.471. The molecule has 0 radical (unpaired) electrons. The highest BCUT2D eigenvalue weighted by molar-refractivity contribution is 8.16. The number of hydrogen-bond donors (Lipinski definition) is 0. The minimum absolute atomic E-state index is 0.0182. The number of fused-ring (bicyclic) bond motifs is 1. The van der Waals surface area contributed by atoms with E-state index in [1.807, 2.05) is 36.9 Å². The molecular weight excluding hydrogens is 376 g/mol. The van der Waals surface area contributed by atoms with Crippen molar-refractivity contribution in [2.24, 2.45) is 4.99 Å². The van der Waals surface area contributed by atoms with Gasteiger partial charge in [-0.1, -0.05) is 23.9 Å². The maximum atomic E-state index is 12.1. The number of benzene rings is 1. The molecule has 2 heterocycles. The Morgan fingerprint density at radius 3 is 2.69 bits per heavy atom. The van der Waals surface area contributed by atoms with Gasteiger partial charge < -0.3 is 14.8 Å². The Balaban J connectivity index is 1.97. The molecule has 0 saturated carbocycles. The first kappa shape index (κ1) is 18.9. The Labute approximate surface area is 156 Å². The van der Waals surface area contributed by atoms with Gasteiger partial charge >= 0.3 is 0 Å². The average molecular weight is 395 g/mol. The van der Waals surface area contributed by atoms with Crippen LogP contribution < -0.4 is 10.0 Å². The average Bonchev–Trinajstić information content (AvgIpc) is 2.99. The van der Waals surface area contributed by atoms with Gasteiger partial charge in [0, 0.05) is 23.3 Å². The largest absolute Gasteiger partial charge is 0.550 e. The van der Waals surface area contributed by atoms with Crippen LogP contribution in [0.2, 0.25) is 0 Å². The molecule has 26 heavy (non-hydrogen) atoms. The first-order valence-corrected chi connectivity index (χ1v) is 10.9. The summed E-state index contributed by atoms with van der Waals surface area (Å²) in [5.74, 6) is -1.78. The van der Waals surface area contributed by atoms with Gasteiger partial charge in [-0.05, 0) is 37.5 Å². The lowest BCUT2D eigenvalue weighted by Gasteiger charge is -2.26. The number of aliphatic carboxylic acids is 1. The summed E-state index contributed by atoms with van der Waals surface area (Å²) in [4.78, 5) is 28.5. The number of amides is 1. The molecule has 0 aromatic heterocycles. The predicted octanol–water partition coefficient (Wildman–Crippen LogP) is 0.435. The van der Waals surface area contributed by atoms with Crippen molar-refractivity contribution in [3.05, 3.63) is 29.3 Å². The number of sulfone groups is 1. The summed E-state index contributed by atoms with van der Waals surface area (Å²) < 4.78 is 24.1. The van der Waals surface area contributed by atoms with Crippen LogP contribution in [-0.2, 0) is 19.4 Å². The summed E-state index contributed by atoms with van der Waals surface area (Å²) in [6.45, 7) is 3.91. The van der Waals surface area contributed by atoms with Crippen molar-refractivity contribution in [1.29, 1.82) is 0 Å². The first-order chi connectivity index (χ1) is 12.2. The summed E-state index contributed by atoms with van der Waals surface area (Å²) in [6, 6.07) is 5.46. The van der Waals surface area contributed by atoms with Gasteiger partial charge in [0.2, 0.25) is 5.91 Å². The molecule has 2 atom stereocenters. The molecule has 1 amide bonds. The molecular formula is C17H19N2O5S2-. The van der Waals surface area contributed by atoms with Crippen LogP contribution >= 0.6 is 11.8 Å². The summed E-state index contributed by atoms with van der Waals surface area (Å²) in [6.07, 6.45) is -0.619. The number of nitrogens with zero attached hydrogens (tertiary/aromatic N) is 2. The van der Waals surface area contributed by atoms with Gasteiger partial charge in [0.15, 0.2) is 15.0 Å². The van der Waals surface area contributed by atoms with Crippen LogP contribution in [-0.4, -0.2) is 48.3 Å². The van der Waals surface area contributed by atoms with E-state index in [9.17, 15) is 23.1 Å². The van der Waals surface area contributed by atoms with E-state index in [0.717, 1.165) is 16.8 Å². The lowest BCUT2D eigenvalue weighted by molar-refractivity contribution is -0.305. The second-order valence-electron chi connectivity index (χ2n) is 6.55. The Morgan fingerprint density at radius 2 is 2.00 bits per heavy atom. The molecule has 3 rings (SSSR count). The van der Waals surface area contributed by atoms with Gasteiger partial charge in [-0.3, -0.25) is 4.79 Å². The van der Waals surface area contributed by atoms with Crippen LogP contribution in [0.25, 0.3) is 0 Å². The number of anilines is 1. The zero-order chi connectivity index (χ0) is 19.1. The Morgan fingerprint density at radius 1 is 1.27 bits per heavy atom. The standard InChI is InChI=1S/C17H20N2O5S2/c1-10-4-3-5-12(11(10)2)19-13-8-26(23,24)9-14(13)25-17(19)18-15(20)6-7-16(21)22/h3-5,13-14H,6-9H2,1-2H3,(H,21,22)/p-1/t13-,14+/m0/s1. The first-order valence-electron chi connectivity index (χ1n) is 8.22. The SMILES string of the molecule is Cc1cccc(N2C(=NC(=O)CCC(=O)[O-])S[C@@H]3CS(=O)(=O)C[C@@H]32)c1C. The predicted molar refractivity (Wildman–Crippen MR) is 98.9 cm³/mol. The highest BCUT2D eigenvalue weighted by Gasteiger charge is 2.49. The van der Waals surface area contributed by atoms with Gasteiger partial charge in [0.25, 0.3) is 0 Å². The van der Waals surface area contributed by atoms with Crippen LogP contribution in [0.3, 0.4) is 0 Å². The van der Waals surface area contributed by atoms with E-state index in [2.05, 4.69) is 4.99 Å². The minimum atomic E-state index is -3.13. The second kappa shape index (κ2) is 7.03. The number of hydrogen-bond acceptors (Lipinski definition) is 6. The zero-order valence-corrected chi connectivity index (χ0v) is 16.1. The normalized spacial score (nSPS) is 25.5. The number of aryl methyl sites for hydroxylation is 1. The van der Waals surface area contributed by atoms with E-state index in [1.54, 1.807) is 0 Å². The van der Waals surface area contributed by atoms with Crippen LogP contribution in [0.15, 0.2) is 23.2 Å². The zero-order valence-electron chi connectivity index (χ0n) is 14.5. The van der Waals surface area contributed by atoms with E-state index in [1.165, 1.54) is 11.8 Å². The molecule has 140 valence electrons. The number of carboxylic acids is 1. The third-order valence-corrected chi connectivity index (χ3v) is 7.88. The van der Waals surface area contributed by atoms with Gasteiger partial charge in [-0.25, -0.2) is 8.42 Å². The quantitative estimate of drug-likeness (QED) is 0.728. The summed E-state index contributed by atoms with van der Waals surface area (Å²) in [7, 11) is -3.13. The number of amidine groups is 1. The number of carboxylic acid groups (broad SMARTS) is 1. The van der Waals surface area contributed by atoms with Crippen LogP contribution in [0, 0.1) is 13.8 Å². The van der Waals surface area contributed by atoms with Crippen molar-refractivity contribution in [1.82, 2.24) is 0 Å². The lowest BCUT2D eigenvalue weighted by Crippen LogP contribution is -2.38. The summed E-state index contributed by atoms with van der Waals surface area (Å²) >= 11 is 1.28. The molecule has 1 aromatic carbocycles. The molecule has 0 unspecified atom stereocenters. The van der Waals surface area contributed by atoms with Gasteiger partial charge in [-0.2, -0.15) is 4.99 Å². The van der Waals surface area contributed by atoms with Crippen LogP contribution in [0.1, 0.15) is 24.0 Å². The molecule has 1 aromatic rings. The summed E-state index contributed by atoms with van der Waals surface area (Å²) in [5.41, 5.74) is 2.88. The third-order valence-electron chi connectivity index (χ3n) is 4.67. The molecule has 0 spiro atoms. The highest BCUT2D eigenvalue weighted by atomic mass is 32.2. The molecule has 0 bridgehead atoms. The van der Waals surface area contributed by atoms with Crippen molar-refractivity contribution >= 4 is 44.3 Å². The number of carbonyl (C=O) groups is 2. The monoisotopic (exact) mass is 395 g/mol. The molecule has 0 N–H and O–H groups in total. The number of rotatable bonds is 4. The fourth-order valence-corrected chi connectivity index (χ4v) is 7.14. The Hall–Kier alpha value is -1.87. The molecule has 7 nitrogen and oxygen atoms in total. The Kier molecular flexibility index (Phi) is 5.12. The van der Waals surface area contributed by atoms with E-state index < -0.39 is 21.7 Å². The number of aliphatic imine (C=N–C) groups is 1. The molecule has 2 fully saturated rings. The molecule has 2 aliphatic rings. The van der Waals surface area contributed by atoms with Crippen molar-refractivity contribution in [3.63, 3.8) is 0 Å².